The molecule has 1 saturated carbocycles. The van der Waals surface area contributed by atoms with E-state index in [0.717, 1.165) is 5.69 Å². The molecule has 21 heavy (non-hydrogen) atoms. The largest absolute Gasteiger partial charge is 0.206 e. The van der Waals surface area contributed by atoms with Crippen LogP contribution < -0.4 is 0 Å². The van der Waals surface area contributed by atoms with E-state index in [4.69, 9.17) is 0 Å². The SMILES string of the molecule is CC1(C)[C@H]2CC[C@]1(C)c1nnc(-c3ccccc3F)cc12. The summed E-state index contributed by atoms with van der Waals surface area (Å²) in [5.74, 6) is 0.277. The molecular weight excluding hydrogens is 263 g/mol. The second-order valence-electron chi connectivity index (χ2n) is 7.16. The van der Waals surface area contributed by atoms with Crippen molar-refractivity contribution in [3.63, 3.8) is 0 Å². The van der Waals surface area contributed by atoms with Gasteiger partial charge in [0.25, 0.3) is 0 Å². The Morgan fingerprint density at radius 1 is 1.14 bits per heavy atom. The van der Waals surface area contributed by atoms with Crippen LogP contribution >= 0.6 is 0 Å². The van der Waals surface area contributed by atoms with E-state index in [1.54, 1.807) is 12.1 Å². The molecule has 108 valence electrons. The zero-order valence-electron chi connectivity index (χ0n) is 12.7. The van der Waals surface area contributed by atoms with Crippen molar-refractivity contribution in [1.29, 1.82) is 0 Å². The molecule has 2 aliphatic rings. The van der Waals surface area contributed by atoms with Crippen LogP contribution in [0.25, 0.3) is 11.3 Å². The summed E-state index contributed by atoms with van der Waals surface area (Å²) in [7, 11) is 0. The summed E-state index contributed by atoms with van der Waals surface area (Å²) in [6.45, 7) is 6.96. The first kappa shape index (κ1) is 12.9. The van der Waals surface area contributed by atoms with Crippen molar-refractivity contribution < 1.29 is 4.39 Å². The van der Waals surface area contributed by atoms with Gasteiger partial charge in [-0.15, -0.1) is 0 Å². The fourth-order valence-corrected chi connectivity index (χ4v) is 4.37. The molecule has 4 rings (SSSR count). The van der Waals surface area contributed by atoms with E-state index in [0.29, 0.717) is 17.2 Å². The molecule has 3 heteroatoms. The highest BCUT2D eigenvalue weighted by Crippen LogP contribution is 2.67. The monoisotopic (exact) mass is 282 g/mol. The first-order valence-electron chi connectivity index (χ1n) is 7.58. The number of benzene rings is 1. The van der Waals surface area contributed by atoms with E-state index < -0.39 is 0 Å². The topological polar surface area (TPSA) is 25.8 Å². The first-order valence-corrected chi connectivity index (χ1v) is 7.58. The fourth-order valence-electron chi connectivity index (χ4n) is 4.37. The lowest BCUT2D eigenvalue weighted by atomic mass is 9.70. The third kappa shape index (κ3) is 1.47. The fraction of sp³-hybridized carbons (Fsp3) is 0.444. The van der Waals surface area contributed by atoms with E-state index in [9.17, 15) is 4.39 Å². The third-order valence-corrected chi connectivity index (χ3v) is 6.10. The Labute approximate surface area is 124 Å². The summed E-state index contributed by atoms with van der Waals surface area (Å²) in [5, 5.41) is 8.83. The van der Waals surface area contributed by atoms with Gasteiger partial charge in [-0.1, -0.05) is 32.9 Å². The van der Waals surface area contributed by atoms with Crippen molar-refractivity contribution in [3.05, 3.63) is 47.4 Å². The highest BCUT2D eigenvalue weighted by molar-refractivity contribution is 5.62. The zero-order valence-corrected chi connectivity index (χ0v) is 12.7. The smallest absolute Gasteiger partial charge is 0.132 e. The van der Waals surface area contributed by atoms with Crippen molar-refractivity contribution in [1.82, 2.24) is 10.2 Å². The molecule has 1 aromatic carbocycles. The van der Waals surface area contributed by atoms with Crippen molar-refractivity contribution in [2.45, 2.75) is 44.9 Å². The van der Waals surface area contributed by atoms with Crippen molar-refractivity contribution in [2.75, 3.05) is 0 Å². The van der Waals surface area contributed by atoms with Gasteiger partial charge in [0.15, 0.2) is 0 Å². The van der Waals surface area contributed by atoms with Crippen LogP contribution in [0, 0.1) is 11.2 Å². The van der Waals surface area contributed by atoms with Gasteiger partial charge >= 0.3 is 0 Å². The van der Waals surface area contributed by atoms with Crippen LogP contribution in [-0.2, 0) is 5.41 Å². The molecule has 0 unspecified atom stereocenters. The molecule has 1 heterocycles. The van der Waals surface area contributed by atoms with Gasteiger partial charge in [0.05, 0.1) is 11.4 Å². The molecule has 2 bridgehead atoms. The van der Waals surface area contributed by atoms with Gasteiger partial charge in [-0.3, -0.25) is 0 Å². The maximum atomic E-state index is 14.0. The second-order valence-corrected chi connectivity index (χ2v) is 7.16. The predicted molar refractivity (Wildman–Crippen MR) is 80.5 cm³/mol. The van der Waals surface area contributed by atoms with Gasteiger partial charge in [0.1, 0.15) is 5.82 Å². The Hall–Kier alpha value is -1.77. The van der Waals surface area contributed by atoms with Gasteiger partial charge in [-0.05, 0) is 47.9 Å². The molecule has 2 atom stereocenters. The summed E-state index contributed by atoms with van der Waals surface area (Å²) < 4.78 is 14.0. The number of halogens is 1. The van der Waals surface area contributed by atoms with E-state index >= 15 is 0 Å². The quantitative estimate of drug-likeness (QED) is 0.772. The van der Waals surface area contributed by atoms with Crippen LogP contribution in [0.2, 0.25) is 0 Å². The van der Waals surface area contributed by atoms with Crippen LogP contribution in [0.5, 0.6) is 0 Å². The van der Waals surface area contributed by atoms with Gasteiger partial charge in [0.2, 0.25) is 0 Å². The Kier molecular flexibility index (Phi) is 2.40. The average molecular weight is 282 g/mol. The average Bonchev–Trinajstić information content (AvgIpc) is 2.79. The van der Waals surface area contributed by atoms with Crippen molar-refractivity contribution in [2.24, 2.45) is 5.41 Å². The lowest BCUT2D eigenvalue weighted by Gasteiger charge is -2.33. The highest BCUT2D eigenvalue weighted by atomic mass is 19.1. The van der Waals surface area contributed by atoms with E-state index in [-0.39, 0.29) is 16.6 Å². The van der Waals surface area contributed by atoms with Crippen LogP contribution in [0.1, 0.15) is 50.8 Å². The molecule has 1 aromatic heterocycles. The number of rotatable bonds is 1. The normalized spacial score (nSPS) is 28.7. The minimum Gasteiger partial charge on any atom is -0.206 e. The Balaban J connectivity index is 1.89. The molecule has 0 saturated heterocycles. The van der Waals surface area contributed by atoms with E-state index in [1.807, 2.05) is 6.07 Å². The van der Waals surface area contributed by atoms with Crippen LogP contribution in [-0.4, -0.2) is 10.2 Å². The molecule has 2 nitrogen and oxygen atoms in total. The maximum absolute atomic E-state index is 14.0. The van der Waals surface area contributed by atoms with Crippen LogP contribution in [0.4, 0.5) is 4.39 Å². The van der Waals surface area contributed by atoms with Crippen molar-refractivity contribution >= 4 is 0 Å². The molecule has 0 amide bonds. The molecule has 2 aliphatic carbocycles. The molecule has 1 fully saturated rings. The number of aromatic nitrogens is 2. The lowest BCUT2D eigenvalue weighted by molar-refractivity contribution is 0.226. The molecule has 0 radical (unpaired) electrons. The molecule has 0 spiro atoms. The van der Waals surface area contributed by atoms with Gasteiger partial charge < -0.3 is 0 Å². The summed E-state index contributed by atoms with van der Waals surface area (Å²) >= 11 is 0. The summed E-state index contributed by atoms with van der Waals surface area (Å²) in [6.07, 6.45) is 2.37. The van der Waals surface area contributed by atoms with Gasteiger partial charge in [0, 0.05) is 11.0 Å². The van der Waals surface area contributed by atoms with Crippen LogP contribution in [0.15, 0.2) is 30.3 Å². The number of nitrogens with zero attached hydrogens (tertiary/aromatic N) is 2. The van der Waals surface area contributed by atoms with Gasteiger partial charge in [-0.25, -0.2) is 4.39 Å². The first-order chi connectivity index (χ1) is 9.95. The maximum Gasteiger partial charge on any atom is 0.132 e. The van der Waals surface area contributed by atoms with Crippen LogP contribution in [0.3, 0.4) is 0 Å². The van der Waals surface area contributed by atoms with E-state index in [1.165, 1.54) is 24.5 Å². The Morgan fingerprint density at radius 3 is 2.67 bits per heavy atom. The van der Waals surface area contributed by atoms with E-state index in [2.05, 4.69) is 37.0 Å². The Bertz CT molecular complexity index is 738. The minimum atomic E-state index is -0.236. The molecule has 0 N–H and O–H groups in total. The highest BCUT2D eigenvalue weighted by Gasteiger charge is 2.60. The summed E-state index contributed by atoms with van der Waals surface area (Å²) in [6, 6.07) is 8.85. The standard InChI is InChI=1S/C18H19FN2/c1-17(2)13-8-9-18(17,3)16-12(13)10-15(20-21-16)11-6-4-5-7-14(11)19/h4-7,10,13H,8-9H2,1-3H3/t13-,18+/m0/s1. The molecule has 0 aliphatic heterocycles. The molecular formula is C18H19FN2. The predicted octanol–water partition coefficient (Wildman–Crippen LogP) is 4.46. The minimum absolute atomic E-state index is 0.105. The second kappa shape index (κ2) is 3.90. The summed E-state index contributed by atoms with van der Waals surface area (Å²) in [4.78, 5) is 0. The Morgan fingerprint density at radius 2 is 1.90 bits per heavy atom. The molecule has 2 aromatic rings. The van der Waals surface area contributed by atoms with Crippen molar-refractivity contribution in [3.8, 4) is 11.3 Å². The number of fused-ring (bicyclic) bond motifs is 5. The number of hydrogen-bond acceptors (Lipinski definition) is 2. The van der Waals surface area contributed by atoms with Gasteiger partial charge in [-0.2, -0.15) is 10.2 Å². The lowest BCUT2D eigenvalue weighted by Crippen LogP contribution is -2.32. The third-order valence-electron chi connectivity index (χ3n) is 6.10. The zero-order chi connectivity index (χ0) is 14.8. The summed E-state index contributed by atoms with van der Waals surface area (Å²) in [5.41, 5.74) is 3.91. The number of hydrogen-bond donors (Lipinski definition) is 0.